The molecule has 0 unspecified atom stereocenters. The van der Waals surface area contributed by atoms with Crippen LogP contribution >= 0.6 is 47.2 Å². The van der Waals surface area contributed by atoms with Crippen molar-refractivity contribution in [3.8, 4) is 11.3 Å². The highest BCUT2D eigenvalue weighted by Gasteiger charge is 2.32. The average molecular weight is 541 g/mol. The molecule has 0 aliphatic carbocycles. The van der Waals surface area contributed by atoms with Crippen molar-refractivity contribution in [2.45, 2.75) is 32.8 Å². The fraction of sp³-hybridized carbons (Fsp3) is 0.304. The van der Waals surface area contributed by atoms with Crippen molar-refractivity contribution in [2.75, 3.05) is 13.1 Å². The van der Waals surface area contributed by atoms with Crippen LogP contribution in [0.3, 0.4) is 0 Å². The number of furan rings is 1. The molecule has 1 fully saturated rings. The molecule has 11 heteroatoms. The monoisotopic (exact) mass is 540 g/mol. The van der Waals surface area contributed by atoms with Gasteiger partial charge in [0.1, 0.15) is 28.0 Å². The summed E-state index contributed by atoms with van der Waals surface area (Å²) in [4.78, 5) is 38.3. The summed E-state index contributed by atoms with van der Waals surface area (Å²) in [6.07, 6.45) is 1.59. The molecule has 0 bridgehead atoms. The number of hydrogen-bond donors (Lipinski definition) is 1. The lowest BCUT2D eigenvalue weighted by Crippen LogP contribution is -2.37. The molecule has 0 atom stereocenters. The van der Waals surface area contributed by atoms with Crippen LogP contribution in [-0.2, 0) is 19.1 Å². The predicted octanol–water partition coefficient (Wildman–Crippen LogP) is 5.30. The van der Waals surface area contributed by atoms with E-state index >= 15 is 0 Å². The van der Waals surface area contributed by atoms with E-state index in [1.165, 1.54) is 4.90 Å². The fourth-order valence-corrected chi connectivity index (χ4v) is 4.49. The molecule has 1 aromatic heterocycles. The number of nitrogens with zero attached hydrogens (tertiary/aromatic N) is 1. The SMILES string of the molecule is CC(C)(C)OC(=O)CNC(=O)CCN1C(=O)/C(=C\c2ccc(-c3ccc(Cl)c(Cl)c3)o2)SC1=S. The van der Waals surface area contributed by atoms with E-state index in [2.05, 4.69) is 5.32 Å². The van der Waals surface area contributed by atoms with E-state index in [1.54, 1.807) is 57.2 Å². The molecule has 2 heterocycles. The normalized spacial score (nSPS) is 15.2. The molecular formula is C23H22Cl2N2O5S2. The number of esters is 1. The zero-order valence-electron chi connectivity index (χ0n) is 18.6. The van der Waals surface area contributed by atoms with E-state index in [-0.39, 0.29) is 31.3 Å². The standard InChI is InChI=1S/C23H22Cl2N2O5S2/c1-23(2,3)32-20(29)12-26-19(28)8-9-27-21(30)18(34-22(27)33)11-14-5-7-17(31-14)13-4-6-15(24)16(25)10-13/h4-7,10-11H,8-9,12H2,1-3H3,(H,26,28)/b18-11+. The summed E-state index contributed by atoms with van der Waals surface area (Å²) in [5, 5.41) is 3.34. The van der Waals surface area contributed by atoms with Crippen molar-refractivity contribution < 1.29 is 23.5 Å². The highest BCUT2D eigenvalue weighted by molar-refractivity contribution is 8.26. The molecule has 1 aliphatic heterocycles. The van der Waals surface area contributed by atoms with E-state index in [0.717, 1.165) is 17.3 Å². The number of hydrogen-bond acceptors (Lipinski definition) is 7. The van der Waals surface area contributed by atoms with Crippen LogP contribution in [0.5, 0.6) is 0 Å². The number of nitrogens with one attached hydrogen (secondary N) is 1. The number of benzene rings is 1. The second kappa shape index (κ2) is 10.9. The highest BCUT2D eigenvalue weighted by Crippen LogP contribution is 2.34. The molecule has 1 aromatic carbocycles. The van der Waals surface area contributed by atoms with Gasteiger partial charge >= 0.3 is 5.97 Å². The highest BCUT2D eigenvalue weighted by atomic mass is 35.5. The van der Waals surface area contributed by atoms with Crippen LogP contribution in [0.1, 0.15) is 33.0 Å². The molecule has 0 spiro atoms. The van der Waals surface area contributed by atoms with E-state index < -0.39 is 11.6 Å². The Labute approximate surface area is 216 Å². The van der Waals surface area contributed by atoms with Crippen molar-refractivity contribution in [2.24, 2.45) is 0 Å². The Morgan fingerprint density at radius 1 is 1.21 bits per heavy atom. The van der Waals surface area contributed by atoms with E-state index in [9.17, 15) is 14.4 Å². The van der Waals surface area contributed by atoms with Gasteiger partial charge in [-0.3, -0.25) is 19.3 Å². The van der Waals surface area contributed by atoms with Crippen LogP contribution in [0.25, 0.3) is 17.4 Å². The summed E-state index contributed by atoms with van der Waals surface area (Å²) in [5.41, 5.74) is 0.117. The minimum absolute atomic E-state index is 0.00918. The topological polar surface area (TPSA) is 88.9 Å². The maximum absolute atomic E-state index is 12.8. The molecule has 2 aromatic rings. The van der Waals surface area contributed by atoms with Crippen LogP contribution in [-0.4, -0.2) is 45.7 Å². The van der Waals surface area contributed by atoms with Crippen LogP contribution < -0.4 is 5.32 Å². The molecule has 34 heavy (non-hydrogen) atoms. The first-order valence-electron chi connectivity index (χ1n) is 10.2. The Balaban J connectivity index is 1.57. The van der Waals surface area contributed by atoms with Gasteiger partial charge in [0.15, 0.2) is 0 Å². The zero-order chi connectivity index (χ0) is 25.0. The number of carbonyl (C=O) groups is 3. The molecule has 180 valence electrons. The number of carbonyl (C=O) groups excluding carboxylic acids is 3. The van der Waals surface area contributed by atoms with Gasteiger partial charge in [-0.15, -0.1) is 0 Å². The predicted molar refractivity (Wildman–Crippen MR) is 138 cm³/mol. The van der Waals surface area contributed by atoms with E-state index in [0.29, 0.717) is 30.8 Å². The molecule has 2 amide bonds. The minimum atomic E-state index is -0.632. The summed E-state index contributed by atoms with van der Waals surface area (Å²) in [7, 11) is 0. The molecule has 1 N–H and O–H groups in total. The Morgan fingerprint density at radius 3 is 2.62 bits per heavy atom. The van der Waals surface area contributed by atoms with Gasteiger partial charge < -0.3 is 14.5 Å². The van der Waals surface area contributed by atoms with Crippen molar-refractivity contribution in [1.82, 2.24) is 10.2 Å². The number of amides is 2. The van der Waals surface area contributed by atoms with Gasteiger partial charge in [0.25, 0.3) is 5.91 Å². The zero-order valence-corrected chi connectivity index (χ0v) is 21.8. The summed E-state index contributed by atoms with van der Waals surface area (Å²) < 4.78 is 11.3. The summed E-state index contributed by atoms with van der Waals surface area (Å²) in [6, 6.07) is 8.65. The maximum atomic E-state index is 12.8. The molecular weight excluding hydrogens is 519 g/mol. The largest absolute Gasteiger partial charge is 0.459 e. The van der Waals surface area contributed by atoms with Gasteiger partial charge in [-0.05, 0) is 51.1 Å². The van der Waals surface area contributed by atoms with Crippen LogP contribution in [0, 0.1) is 0 Å². The number of halogens is 2. The maximum Gasteiger partial charge on any atom is 0.325 e. The third-order valence-corrected chi connectivity index (χ3v) is 6.51. The van der Waals surface area contributed by atoms with Crippen LogP contribution in [0.2, 0.25) is 10.0 Å². The van der Waals surface area contributed by atoms with Gasteiger partial charge in [-0.1, -0.05) is 47.2 Å². The lowest BCUT2D eigenvalue weighted by Gasteiger charge is -2.19. The first-order chi connectivity index (χ1) is 15.9. The first-order valence-corrected chi connectivity index (χ1v) is 12.2. The Hall–Kier alpha value is -2.33. The minimum Gasteiger partial charge on any atom is -0.459 e. The molecule has 7 nitrogen and oxygen atoms in total. The Bertz CT molecular complexity index is 1170. The Kier molecular flexibility index (Phi) is 8.46. The lowest BCUT2D eigenvalue weighted by molar-refractivity contribution is -0.154. The van der Waals surface area contributed by atoms with Crippen molar-refractivity contribution >= 4 is 75.4 Å². The van der Waals surface area contributed by atoms with E-state index in [4.69, 9.17) is 44.6 Å². The van der Waals surface area contributed by atoms with E-state index in [1.807, 2.05) is 0 Å². The quantitative estimate of drug-likeness (QED) is 0.289. The fourth-order valence-electron chi connectivity index (χ4n) is 2.91. The first kappa shape index (κ1) is 26.3. The molecule has 3 rings (SSSR count). The second-order valence-corrected chi connectivity index (χ2v) is 10.8. The van der Waals surface area contributed by atoms with Gasteiger partial charge in [0.05, 0.1) is 15.0 Å². The summed E-state index contributed by atoms with van der Waals surface area (Å²) in [5.74, 6) is -0.199. The summed E-state index contributed by atoms with van der Waals surface area (Å²) in [6.45, 7) is 5.08. The summed E-state index contributed by atoms with van der Waals surface area (Å²) >= 11 is 18.4. The number of ether oxygens (including phenoxy) is 1. The average Bonchev–Trinajstić information content (AvgIpc) is 3.30. The van der Waals surface area contributed by atoms with Crippen LogP contribution in [0.15, 0.2) is 39.7 Å². The second-order valence-electron chi connectivity index (χ2n) is 8.28. The number of thiocarbonyl (C=S) groups is 1. The van der Waals surface area contributed by atoms with Gasteiger partial charge in [0.2, 0.25) is 5.91 Å². The smallest absolute Gasteiger partial charge is 0.325 e. The lowest BCUT2D eigenvalue weighted by atomic mass is 10.2. The number of thioether (sulfide) groups is 1. The molecule has 1 aliphatic rings. The number of rotatable bonds is 7. The third kappa shape index (κ3) is 7.09. The molecule has 0 saturated carbocycles. The van der Waals surface area contributed by atoms with Crippen molar-refractivity contribution in [3.05, 3.63) is 51.0 Å². The van der Waals surface area contributed by atoms with Crippen molar-refractivity contribution in [3.63, 3.8) is 0 Å². The Morgan fingerprint density at radius 2 is 1.94 bits per heavy atom. The van der Waals surface area contributed by atoms with Gasteiger partial charge in [-0.25, -0.2) is 0 Å². The van der Waals surface area contributed by atoms with Crippen molar-refractivity contribution in [1.29, 1.82) is 0 Å². The third-order valence-electron chi connectivity index (χ3n) is 4.39. The van der Waals surface area contributed by atoms with Gasteiger partial charge in [-0.2, -0.15) is 0 Å². The van der Waals surface area contributed by atoms with Crippen LogP contribution in [0.4, 0.5) is 0 Å². The molecule has 1 saturated heterocycles. The molecule has 0 radical (unpaired) electrons. The van der Waals surface area contributed by atoms with Gasteiger partial charge in [0, 0.05) is 24.6 Å².